The Hall–Kier alpha value is -4.20. The van der Waals surface area contributed by atoms with Crippen LogP contribution in [0.4, 0.5) is 0 Å². The van der Waals surface area contributed by atoms with Gasteiger partial charge in [0.1, 0.15) is 11.9 Å². The molecule has 0 aliphatic carbocycles. The van der Waals surface area contributed by atoms with Gasteiger partial charge in [0.05, 0.1) is 30.6 Å². The summed E-state index contributed by atoms with van der Waals surface area (Å²) in [5.41, 5.74) is 3.94. The van der Waals surface area contributed by atoms with Crippen molar-refractivity contribution in [1.82, 2.24) is 25.3 Å². The molecule has 1 N–H and O–H groups in total. The van der Waals surface area contributed by atoms with Crippen molar-refractivity contribution in [3.8, 4) is 28.6 Å². The highest BCUT2D eigenvalue weighted by molar-refractivity contribution is 5.97. The molecule has 5 rings (SSSR count). The number of rotatable bonds is 6. The van der Waals surface area contributed by atoms with Crippen LogP contribution < -0.4 is 14.8 Å². The summed E-state index contributed by atoms with van der Waals surface area (Å²) >= 11 is 0. The Morgan fingerprint density at radius 1 is 1.12 bits per heavy atom. The smallest absolute Gasteiger partial charge is 0.253 e. The van der Waals surface area contributed by atoms with Gasteiger partial charge in [0.15, 0.2) is 0 Å². The lowest BCUT2D eigenvalue weighted by Gasteiger charge is -2.14. The third-order valence-electron chi connectivity index (χ3n) is 5.34. The summed E-state index contributed by atoms with van der Waals surface area (Å²) < 4.78 is 13.0. The van der Waals surface area contributed by atoms with Gasteiger partial charge in [0.25, 0.3) is 5.91 Å². The molecular formula is C24H21N5O3. The standard InChI is InChI=1S/C24H21N5O3/c1-31-22-11-10-20(27-28-22)18-8-4-6-16-14-17(32-23(16)18)15-25-24(30)19-7-2-3-9-21(19)29-13-5-12-26-29/h2-13,17H,14-15H2,1H3,(H,25,30). The first kappa shape index (κ1) is 19.7. The second-order valence-electron chi connectivity index (χ2n) is 7.38. The van der Waals surface area contributed by atoms with Gasteiger partial charge in [-0.1, -0.05) is 24.3 Å². The lowest BCUT2D eigenvalue weighted by molar-refractivity contribution is 0.0933. The number of para-hydroxylation sites is 2. The van der Waals surface area contributed by atoms with E-state index in [0.717, 1.165) is 22.6 Å². The zero-order valence-electron chi connectivity index (χ0n) is 17.4. The first-order valence-electron chi connectivity index (χ1n) is 10.3. The largest absolute Gasteiger partial charge is 0.487 e. The molecule has 0 radical (unpaired) electrons. The Labute approximate surface area is 184 Å². The molecule has 0 saturated carbocycles. The topological polar surface area (TPSA) is 91.2 Å². The van der Waals surface area contributed by atoms with E-state index in [1.165, 1.54) is 0 Å². The van der Waals surface area contributed by atoms with E-state index in [0.29, 0.717) is 30.1 Å². The molecule has 1 amide bonds. The molecule has 8 heteroatoms. The summed E-state index contributed by atoms with van der Waals surface area (Å²) in [6.45, 7) is 0.384. The minimum absolute atomic E-state index is 0.168. The number of nitrogens with one attached hydrogen (secondary N) is 1. The van der Waals surface area contributed by atoms with Crippen molar-refractivity contribution >= 4 is 5.91 Å². The van der Waals surface area contributed by atoms with Crippen molar-refractivity contribution in [3.05, 3.63) is 84.2 Å². The highest BCUT2D eigenvalue weighted by Gasteiger charge is 2.27. The van der Waals surface area contributed by atoms with Gasteiger partial charge in [-0.05, 0) is 35.9 Å². The van der Waals surface area contributed by atoms with Crippen LogP contribution in [0.15, 0.2) is 73.1 Å². The van der Waals surface area contributed by atoms with Gasteiger partial charge in [-0.3, -0.25) is 4.79 Å². The quantitative estimate of drug-likeness (QED) is 0.509. The van der Waals surface area contributed by atoms with Gasteiger partial charge in [0, 0.05) is 30.4 Å². The van der Waals surface area contributed by atoms with E-state index in [4.69, 9.17) is 9.47 Å². The lowest BCUT2D eigenvalue weighted by atomic mass is 10.0. The summed E-state index contributed by atoms with van der Waals surface area (Å²) in [5, 5.41) is 15.5. The van der Waals surface area contributed by atoms with Crippen LogP contribution in [0, 0.1) is 0 Å². The van der Waals surface area contributed by atoms with Gasteiger partial charge >= 0.3 is 0 Å². The lowest BCUT2D eigenvalue weighted by Crippen LogP contribution is -2.35. The molecule has 4 aromatic rings. The van der Waals surface area contributed by atoms with E-state index in [-0.39, 0.29) is 12.0 Å². The van der Waals surface area contributed by atoms with Crippen LogP contribution in [-0.2, 0) is 6.42 Å². The van der Waals surface area contributed by atoms with E-state index in [2.05, 4.69) is 20.6 Å². The van der Waals surface area contributed by atoms with Crippen molar-refractivity contribution in [2.45, 2.75) is 12.5 Å². The van der Waals surface area contributed by atoms with Gasteiger partial charge in [0.2, 0.25) is 5.88 Å². The second kappa shape index (κ2) is 8.50. The molecular weight excluding hydrogens is 406 g/mol. The third-order valence-corrected chi connectivity index (χ3v) is 5.34. The molecule has 0 saturated heterocycles. The fraction of sp³-hybridized carbons (Fsp3) is 0.167. The number of carbonyl (C=O) groups excluding carboxylic acids is 1. The zero-order chi connectivity index (χ0) is 21.9. The fourth-order valence-electron chi connectivity index (χ4n) is 3.80. The van der Waals surface area contributed by atoms with Crippen molar-refractivity contribution in [1.29, 1.82) is 0 Å². The minimum Gasteiger partial charge on any atom is -0.487 e. The molecule has 2 aromatic carbocycles. The highest BCUT2D eigenvalue weighted by atomic mass is 16.5. The molecule has 32 heavy (non-hydrogen) atoms. The number of aromatic nitrogens is 4. The number of fused-ring (bicyclic) bond motifs is 1. The summed E-state index contributed by atoms with van der Waals surface area (Å²) in [5.74, 6) is 1.07. The Morgan fingerprint density at radius 2 is 2.03 bits per heavy atom. The molecule has 0 fully saturated rings. The summed E-state index contributed by atoms with van der Waals surface area (Å²) in [6, 6.07) is 18.8. The highest BCUT2D eigenvalue weighted by Crippen LogP contribution is 2.38. The molecule has 8 nitrogen and oxygen atoms in total. The van der Waals surface area contributed by atoms with Crippen LogP contribution in [0.3, 0.4) is 0 Å². The number of methoxy groups -OCH3 is 1. The van der Waals surface area contributed by atoms with Crippen LogP contribution in [-0.4, -0.2) is 45.6 Å². The molecule has 1 aliphatic heterocycles. The van der Waals surface area contributed by atoms with Crippen LogP contribution in [0.25, 0.3) is 16.9 Å². The minimum atomic E-state index is -0.170. The van der Waals surface area contributed by atoms with Gasteiger partial charge in [-0.2, -0.15) is 5.10 Å². The number of amides is 1. The van der Waals surface area contributed by atoms with Crippen molar-refractivity contribution in [2.75, 3.05) is 13.7 Å². The molecule has 1 aliphatic rings. The molecule has 160 valence electrons. The predicted octanol–water partition coefficient (Wildman–Crippen LogP) is 3.07. The zero-order valence-corrected chi connectivity index (χ0v) is 17.4. The summed E-state index contributed by atoms with van der Waals surface area (Å²) in [6.07, 6.45) is 4.03. The SMILES string of the molecule is COc1ccc(-c2cccc3c2OC(CNC(=O)c2ccccc2-n2cccn2)C3)nn1. The Morgan fingerprint density at radius 3 is 2.81 bits per heavy atom. The van der Waals surface area contributed by atoms with E-state index in [1.807, 2.05) is 54.7 Å². The normalized spacial score (nSPS) is 14.5. The fourth-order valence-corrected chi connectivity index (χ4v) is 3.80. The number of carbonyl (C=O) groups is 1. The maximum Gasteiger partial charge on any atom is 0.253 e. The van der Waals surface area contributed by atoms with Crippen molar-refractivity contribution in [2.24, 2.45) is 0 Å². The molecule has 2 aromatic heterocycles. The Bertz CT molecular complexity index is 1240. The first-order chi connectivity index (χ1) is 15.7. The first-order valence-corrected chi connectivity index (χ1v) is 10.3. The maximum atomic E-state index is 12.9. The van der Waals surface area contributed by atoms with Crippen LogP contribution in [0.5, 0.6) is 11.6 Å². The number of benzene rings is 2. The molecule has 0 spiro atoms. The van der Waals surface area contributed by atoms with Gasteiger partial charge in [-0.25, -0.2) is 4.68 Å². The number of hydrogen-bond acceptors (Lipinski definition) is 6. The monoisotopic (exact) mass is 427 g/mol. The molecule has 3 heterocycles. The number of hydrogen-bond donors (Lipinski definition) is 1. The summed E-state index contributed by atoms with van der Waals surface area (Å²) in [7, 11) is 1.55. The van der Waals surface area contributed by atoms with Crippen LogP contribution in [0.2, 0.25) is 0 Å². The number of ether oxygens (including phenoxy) is 2. The predicted molar refractivity (Wildman–Crippen MR) is 118 cm³/mol. The van der Waals surface area contributed by atoms with Crippen molar-refractivity contribution < 1.29 is 14.3 Å². The average Bonchev–Trinajstić information content (AvgIpc) is 3.52. The van der Waals surface area contributed by atoms with E-state index >= 15 is 0 Å². The second-order valence-corrected chi connectivity index (χ2v) is 7.38. The Kier molecular flexibility index (Phi) is 5.25. The summed E-state index contributed by atoms with van der Waals surface area (Å²) in [4.78, 5) is 12.9. The molecule has 0 bridgehead atoms. The number of nitrogens with zero attached hydrogens (tertiary/aromatic N) is 4. The third kappa shape index (κ3) is 3.78. The average molecular weight is 427 g/mol. The van der Waals surface area contributed by atoms with E-state index in [1.54, 1.807) is 30.1 Å². The van der Waals surface area contributed by atoms with Crippen molar-refractivity contribution in [3.63, 3.8) is 0 Å². The van der Waals surface area contributed by atoms with Crippen LogP contribution >= 0.6 is 0 Å². The van der Waals surface area contributed by atoms with Gasteiger partial charge < -0.3 is 14.8 Å². The van der Waals surface area contributed by atoms with Gasteiger partial charge in [-0.15, -0.1) is 10.2 Å². The van der Waals surface area contributed by atoms with E-state index in [9.17, 15) is 4.79 Å². The van der Waals surface area contributed by atoms with Crippen LogP contribution in [0.1, 0.15) is 15.9 Å². The Balaban J connectivity index is 1.29. The van der Waals surface area contributed by atoms with E-state index < -0.39 is 0 Å². The molecule has 1 unspecified atom stereocenters. The molecule has 1 atom stereocenters. The maximum absolute atomic E-state index is 12.9.